The summed E-state index contributed by atoms with van der Waals surface area (Å²) >= 11 is 0. The largest absolute Gasteiger partial charge is 0.300 e. The molecule has 0 bridgehead atoms. The van der Waals surface area contributed by atoms with Crippen molar-refractivity contribution in [2.24, 2.45) is 0 Å². The zero-order valence-corrected chi connectivity index (χ0v) is 12.6. The Bertz CT molecular complexity index is 320. The van der Waals surface area contributed by atoms with Crippen molar-refractivity contribution in [1.29, 1.82) is 0 Å². The number of carbonyl (C=O) groups is 3. The van der Waals surface area contributed by atoms with Crippen molar-refractivity contribution < 1.29 is 14.4 Å². The first-order chi connectivity index (χ1) is 9.68. The minimum atomic E-state index is 0.176. The van der Waals surface area contributed by atoms with E-state index >= 15 is 0 Å². The molecular weight excluding hydrogens is 252 g/mol. The molecule has 1 fully saturated rings. The van der Waals surface area contributed by atoms with Gasteiger partial charge in [0.05, 0.1) is 0 Å². The van der Waals surface area contributed by atoms with E-state index in [0.29, 0.717) is 44.3 Å². The standard InChI is InChI=1S/C17H28O3/c18-15-9-5-3-1-2-4-6-10-16(19)13-14-17(20)12-8-7-11-15/h1-14H2. The number of rotatable bonds is 0. The lowest BCUT2D eigenvalue weighted by molar-refractivity contribution is -0.124. The molecule has 1 rings (SSSR count). The lowest BCUT2D eigenvalue weighted by atomic mass is 10.0. The molecule has 3 nitrogen and oxygen atoms in total. The smallest absolute Gasteiger partial charge is 0.133 e. The fourth-order valence-corrected chi connectivity index (χ4v) is 2.65. The van der Waals surface area contributed by atoms with Crippen LogP contribution in [0.5, 0.6) is 0 Å². The zero-order valence-electron chi connectivity index (χ0n) is 12.6. The third kappa shape index (κ3) is 9.00. The van der Waals surface area contributed by atoms with E-state index in [1.165, 1.54) is 6.42 Å². The van der Waals surface area contributed by atoms with Crippen molar-refractivity contribution >= 4 is 17.3 Å². The van der Waals surface area contributed by atoms with Gasteiger partial charge in [-0.3, -0.25) is 14.4 Å². The van der Waals surface area contributed by atoms with Crippen molar-refractivity contribution in [1.82, 2.24) is 0 Å². The molecule has 0 aliphatic heterocycles. The molecule has 1 saturated carbocycles. The minimum absolute atomic E-state index is 0.176. The summed E-state index contributed by atoms with van der Waals surface area (Å²) in [5, 5.41) is 0. The van der Waals surface area contributed by atoms with Crippen molar-refractivity contribution in [3.05, 3.63) is 0 Å². The Kier molecular flexibility index (Phi) is 9.18. The Hall–Kier alpha value is -0.990. The van der Waals surface area contributed by atoms with Gasteiger partial charge < -0.3 is 0 Å². The summed E-state index contributed by atoms with van der Waals surface area (Å²) in [6.45, 7) is 0. The van der Waals surface area contributed by atoms with Gasteiger partial charge in [0.25, 0.3) is 0 Å². The van der Waals surface area contributed by atoms with Gasteiger partial charge in [0.15, 0.2) is 0 Å². The number of carbonyl (C=O) groups excluding carboxylic acids is 3. The zero-order chi connectivity index (χ0) is 14.6. The van der Waals surface area contributed by atoms with E-state index in [2.05, 4.69) is 0 Å². The Labute approximate surface area is 122 Å². The average molecular weight is 280 g/mol. The third-order valence-electron chi connectivity index (χ3n) is 4.01. The summed E-state index contributed by atoms with van der Waals surface area (Å²) in [6.07, 6.45) is 11.4. The highest BCUT2D eigenvalue weighted by atomic mass is 16.1. The number of hydrogen-bond acceptors (Lipinski definition) is 3. The third-order valence-corrected chi connectivity index (χ3v) is 4.01. The maximum atomic E-state index is 11.6. The summed E-state index contributed by atoms with van der Waals surface area (Å²) in [5.41, 5.74) is 0. The van der Waals surface area contributed by atoms with E-state index in [-0.39, 0.29) is 11.6 Å². The van der Waals surface area contributed by atoms with E-state index < -0.39 is 0 Å². The molecule has 0 amide bonds. The second kappa shape index (κ2) is 10.8. The second-order valence-electron chi connectivity index (χ2n) is 5.94. The highest BCUT2D eigenvalue weighted by molar-refractivity contribution is 5.86. The molecule has 0 N–H and O–H groups in total. The molecule has 0 radical (unpaired) electrons. The summed E-state index contributed by atoms with van der Waals surface area (Å²) < 4.78 is 0. The maximum absolute atomic E-state index is 11.6. The molecule has 1 aliphatic rings. The van der Waals surface area contributed by atoms with E-state index in [4.69, 9.17) is 0 Å². The van der Waals surface area contributed by atoms with Crippen LogP contribution in [0.4, 0.5) is 0 Å². The summed E-state index contributed by atoms with van der Waals surface area (Å²) in [4.78, 5) is 34.9. The fraction of sp³-hybridized carbons (Fsp3) is 0.824. The first-order valence-electron chi connectivity index (χ1n) is 8.23. The first-order valence-corrected chi connectivity index (χ1v) is 8.23. The number of hydrogen-bond donors (Lipinski definition) is 0. The van der Waals surface area contributed by atoms with Crippen LogP contribution in [0.15, 0.2) is 0 Å². The lowest BCUT2D eigenvalue weighted by Crippen LogP contribution is -2.04. The monoisotopic (exact) mass is 280 g/mol. The van der Waals surface area contributed by atoms with Crippen molar-refractivity contribution in [3.63, 3.8) is 0 Å². The molecular formula is C17H28O3. The Morgan fingerprint density at radius 2 is 0.600 bits per heavy atom. The summed E-state index contributed by atoms with van der Waals surface area (Å²) in [7, 11) is 0. The van der Waals surface area contributed by atoms with E-state index in [9.17, 15) is 14.4 Å². The van der Waals surface area contributed by atoms with Crippen LogP contribution in [-0.4, -0.2) is 17.3 Å². The van der Waals surface area contributed by atoms with Gasteiger partial charge in [-0.15, -0.1) is 0 Å². The lowest BCUT2D eigenvalue weighted by Gasteiger charge is -2.02. The van der Waals surface area contributed by atoms with Crippen molar-refractivity contribution in [2.45, 2.75) is 89.9 Å². The molecule has 0 atom stereocenters. The predicted octanol–water partition coefficient (Wildman–Crippen LogP) is 4.17. The SMILES string of the molecule is O=C1CCCCCCCCC(=O)CCC(=O)CCCC1. The van der Waals surface area contributed by atoms with Crippen LogP contribution in [0.3, 0.4) is 0 Å². The maximum Gasteiger partial charge on any atom is 0.133 e. The normalized spacial score (nSPS) is 22.5. The van der Waals surface area contributed by atoms with Gasteiger partial charge in [0, 0.05) is 38.5 Å². The molecule has 0 heterocycles. The molecule has 0 unspecified atom stereocenters. The predicted molar refractivity (Wildman–Crippen MR) is 79.7 cm³/mol. The van der Waals surface area contributed by atoms with Crippen LogP contribution in [0.25, 0.3) is 0 Å². The molecule has 0 aromatic heterocycles. The van der Waals surface area contributed by atoms with E-state index in [1.807, 2.05) is 0 Å². The topological polar surface area (TPSA) is 51.2 Å². The molecule has 0 saturated heterocycles. The van der Waals surface area contributed by atoms with Crippen LogP contribution in [0, 0.1) is 0 Å². The highest BCUT2D eigenvalue weighted by Crippen LogP contribution is 2.13. The summed E-state index contributed by atoms with van der Waals surface area (Å²) in [5.74, 6) is 0.755. The highest BCUT2D eigenvalue weighted by Gasteiger charge is 2.08. The number of ketones is 3. The second-order valence-corrected chi connectivity index (χ2v) is 5.94. The quantitative estimate of drug-likeness (QED) is 0.669. The minimum Gasteiger partial charge on any atom is -0.300 e. The van der Waals surface area contributed by atoms with E-state index in [1.54, 1.807) is 0 Å². The van der Waals surface area contributed by atoms with Crippen LogP contribution >= 0.6 is 0 Å². The molecule has 0 aromatic carbocycles. The van der Waals surface area contributed by atoms with Gasteiger partial charge in [0.2, 0.25) is 0 Å². The van der Waals surface area contributed by atoms with Crippen molar-refractivity contribution in [2.75, 3.05) is 0 Å². The number of Topliss-reactive ketones (excluding diaryl/α,β-unsaturated/α-hetero) is 3. The van der Waals surface area contributed by atoms with Gasteiger partial charge in [0.1, 0.15) is 17.3 Å². The molecule has 114 valence electrons. The van der Waals surface area contributed by atoms with Crippen LogP contribution in [0.1, 0.15) is 89.9 Å². The Morgan fingerprint density at radius 3 is 1.00 bits per heavy atom. The van der Waals surface area contributed by atoms with Crippen LogP contribution < -0.4 is 0 Å². The van der Waals surface area contributed by atoms with Crippen LogP contribution in [-0.2, 0) is 14.4 Å². The van der Waals surface area contributed by atoms with Gasteiger partial charge in [-0.2, -0.15) is 0 Å². The molecule has 20 heavy (non-hydrogen) atoms. The van der Waals surface area contributed by atoms with Gasteiger partial charge >= 0.3 is 0 Å². The summed E-state index contributed by atoms with van der Waals surface area (Å²) in [6, 6.07) is 0. The van der Waals surface area contributed by atoms with Crippen LogP contribution in [0.2, 0.25) is 0 Å². The fourth-order valence-electron chi connectivity index (χ4n) is 2.65. The molecule has 1 aliphatic carbocycles. The van der Waals surface area contributed by atoms with Crippen molar-refractivity contribution in [3.8, 4) is 0 Å². The van der Waals surface area contributed by atoms with Gasteiger partial charge in [-0.25, -0.2) is 0 Å². The van der Waals surface area contributed by atoms with Gasteiger partial charge in [-0.1, -0.05) is 25.7 Å². The first kappa shape index (κ1) is 17.1. The van der Waals surface area contributed by atoms with E-state index in [0.717, 1.165) is 44.9 Å². The van der Waals surface area contributed by atoms with Gasteiger partial charge in [-0.05, 0) is 25.7 Å². The molecule has 0 aromatic rings. The Morgan fingerprint density at radius 1 is 0.350 bits per heavy atom. The Balaban J connectivity index is 2.31. The molecule has 3 heteroatoms. The molecule has 0 spiro atoms. The average Bonchev–Trinajstić information content (AvgIpc) is 2.43.